The molecule has 0 radical (unpaired) electrons. The predicted octanol–water partition coefficient (Wildman–Crippen LogP) is 2.74. The van der Waals surface area contributed by atoms with Gasteiger partial charge < -0.3 is 14.3 Å². The summed E-state index contributed by atoms with van der Waals surface area (Å²) in [5.74, 6) is 2.03. The number of aromatic nitrogens is 2. The van der Waals surface area contributed by atoms with Crippen LogP contribution in [0.15, 0.2) is 35.2 Å². The van der Waals surface area contributed by atoms with Gasteiger partial charge in [-0.2, -0.15) is 0 Å². The summed E-state index contributed by atoms with van der Waals surface area (Å²) in [6.07, 6.45) is 6.70. The second-order valence-electron chi connectivity index (χ2n) is 4.15. The minimum Gasteiger partial charge on any atom is -0.468 e. The van der Waals surface area contributed by atoms with Crippen LogP contribution in [0.25, 0.3) is 0 Å². The average Bonchev–Trinajstić information content (AvgIpc) is 2.97. The molecule has 2 aromatic rings. The molecule has 1 N–H and O–H groups in total. The Morgan fingerprint density at radius 3 is 3.12 bits per heavy atom. The van der Waals surface area contributed by atoms with Gasteiger partial charge in [-0.05, 0) is 25.5 Å². The van der Waals surface area contributed by atoms with Crippen molar-refractivity contribution in [3.63, 3.8) is 0 Å². The van der Waals surface area contributed by atoms with Crippen LogP contribution >= 0.6 is 0 Å². The quantitative estimate of drug-likeness (QED) is 0.834. The van der Waals surface area contributed by atoms with Gasteiger partial charge >= 0.3 is 0 Å². The standard InChI is InChI=1S/C13H19N3O/c1-3-7-16-8-6-14-13(16)10-15-11(2)12-5-4-9-17-12/h4-6,8-9,11,15H,3,7,10H2,1-2H3/t11-/m0/s1. The molecule has 0 fully saturated rings. The average molecular weight is 233 g/mol. The van der Waals surface area contributed by atoms with Crippen molar-refractivity contribution in [1.29, 1.82) is 0 Å². The van der Waals surface area contributed by atoms with Crippen LogP contribution in [-0.4, -0.2) is 9.55 Å². The smallest absolute Gasteiger partial charge is 0.122 e. The first-order valence-corrected chi connectivity index (χ1v) is 6.08. The molecule has 4 nitrogen and oxygen atoms in total. The van der Waals surface area contributed by atoms with Crippen molar-refractivity contribution in [3.8, 4) is 0 Å². The SMILES string of the molecule is CCCn1ccnc1CN[C@@H](C)c1ccco1. The van der Waals surface area contributed by atoms with Crippen molar-refractivity contribution < 1.29 is 4.42 Å². The summed E-state index contributed by atoms with van der Waals surface area (Å²) < 4.78 is 7.54. The number of rotatable bonds is 6. The fourth-order valence-corrected chi connectivity index (χ4v) is 1.83. The molecule has 92 valence electrons. The number of aryl methyl sites for hydroxylation is 1. The lowest BCUT2D eigenvalue weighted by atomic mass is 10.2. The van der Waals surface area contributed by atoms with Crippen molar-refractivity contribution in [3.05, 3.63) is 42.4 Å². The van der Waals surface area contributed by atoms with E-state index in [9.17, 15) is 0 Å². The Balaban J connectivity index is 1.91. The highest BCUT2D eigenvalue weighted by Gasteiger charge is 2.09. The number of nitrogens with zero attached hydrogens (tertiary/aromatic N) is 2. The van der Waals surface area contributed by atoms with Crippen LogP contribution in [0.2, 0.25) is 0 Å². The van der Waals surface area contributed by atoms with Crippen LogP contribution in [-0.2, 0) is 13.1 Å². The highest BCUT2D eigenvalue weighted by atomic mass is 16.3. The maximum absolute atomic E-state index is 5.35. The molecule has 0 spiro atoms. The lowest BCUT2D eigenvalue weighted by molar-refractivity contribution is 0.423. The molecule has 0 saturated carbocycles. The van der Waals surface area contributed by atoms with Gasteiger partial charge in [-0.15, -0.1) is 0 Å². The van der Waals surface area contributed by atoms with E-state index in [1.807, 2.05) is 24.5 Å². The van der Waals surface area contributed by atoms with Gasteiger partial charge in [-0.3, -0.25) is 0 Å². The lowest BCUT2D eigenvalue weighted by Crippen LogP contribution is -2.20. The number of nitrogens with one attached hydrogen (secondary N) is 1. The minimum absolute atomic E-state index is 0.205. The highest BCUT2D eigenvalue weighted by molar-refractivity contribution is 5.03. The van der Waals surface area contributed by atoms with E-state index in [4.69, 9.17) is 4.42 Å². The first-order chi connectivity index (χ1) is 8.31. The summed E-state index contributed by atoms with van der Waals surface area (Å²) in [6.45, 7) is 6.04. The van der Waals surface area contributed by atoms with E-state index in [2.05, 4.69) is 28.7 Å². The predicted molar refractivity (Wildman–Crippen MR) is 66.5 cm³/mol. The van der Waals surface area contributed by atoms with Crippen LogP contribution in [0.1, 0.15) is 37.9 Å². The van der Waals surface area contributed by atoms with Crippen molar-refractivity contribution >= 4 is 0 Å². The summed E-state index contributed by atoms with van der Waals surface area (Å²) in [5, 5.41) is 3.41. The molecule has 0 aliphatic rings. The maximum Gasteiger partial charge on any atom is 0.122 e. The summed E-state index contributed by atoms with van der Waals surface area (Å²) in [4.78, 5) is 4.36. The maximum atomic E-state index is 5.35. The molecule has 0 amide bonds. The summed E-state index contributed by atoms with van der Waals surface area (Å²) in [5.41, 5.74) is 0. The molecule has 17 heavy (non-hydrogen) atoms. The zero-order valence-corrected chi connectivity index (χ0v) is 10.4. The molecular formula is C13H19N3O. The molecule has 0 aliphatic heterocycles. The van der Waals surface area contributed by atoms with Crippen LogP contribution < -0.4 is 5.32 Å². The van der Waals surface area contributed by atoms with Crippen molar-refractivity contribution in [1.82, 2.24) is 14.9 Å². The summed E-state index contributed by atoms with van der Waals surface area (Å²) in [7, 11) is 0. The van der Waals surface area contributed by atoms with E-state index in [1.54, 1.807) is 6.26 Å². The Kier molecular flexibility index (Phi) is 3.98. The molecule has 4 heteroatoms. The van der Waals surface area contributed by atoms with Gasteiger partial charge in [0.15, 0.2) is 0 Å². The minimum atomic E-state index is 0.205. The topological polar surface area (TPSA) is 43.0 Å². The Bertz CT molecular complexity index is 433. The normalized spacial score (nSPS) is 12.8. The third-order valence-corrected chi connectivity index (χ3v) is 2.80. The lowest BCUT2D eigenvalue weighted by Gasteiger charge is -2.12. The number of imidazole rings is 1. The van der Waals surface area contributed by atoms with Gasteiger partial charge in [0.05, 0.1) is 18.8 Å². The van der Waals surface area contributed by atoms with Gasteiger partial charge in [0.2, 0.25) is 0 Å². The molecule has 0 aromatic carbocycles. The third kappa shape index (κ3) is 2.97. The number of furan rings is 1. The van der Waals surface area contributed by atoms with Gasteiger partial charge in [-0.1, -0.05) is 6.92 Å². The fraction of sp³-hybridized carbons (Fsp3) is 0.462. The molecule has 1 atom stereocenters. The molecular weight excluding hydrogens is 214 g/mol. The largest absolute Gasteiger partial charge is 0.468 e. The zero-order chi connectivity index (χ0) is 12.1. The summed E-state index contributed by atoms with van der Waals surface area (Å²) in [6, 6.07) is 4.10. The summed E-state index contributed by atoms with van der Waals surface area (Å²) >= 11 is 0. The zero-order valence-electron chi connectivity index (χ0n) is 10.4. The van der Waals surface area contributed by atoms with Crippen LogP contribution in [0.4, 0.5) is 0 Å². The van der Waals surface area contributed by atoms with E-state index < -0.39 is 0 Å². The second-order valence-corrected chi connectivity index (χ2v) is 4.15. The molecule has 2 rings (SSSR count). The van der Waals surface area contributed by atoms with Crippen LogP contribution in [0.5, 0.6) is 0 Å². The van der Waals surface area contributed by atoms with Crippen molar-refractivity contribution in [2.45, 2.75) is 39.4 Å². The Morgan fingerprint density at radius 1 is 1.53 bits per heavy atom. The fourth-order valence-electron chi connectivity index (χ4n) is 1.83. The first-order valence-electron chi connectivity index (χ1n) is 6.08. The van der Waals surface area contributed by atoms with Crippen molar-refractivity contribution in [2.75, 3.05) is 0 Å². The van der Waals surface area contributed by atoms with E-state index in [1.165, 1.54) is 0 Å². The van der Waals surface area contributed by atoms with Crippen LogP contribution in [0.3, 0.4) is 0 Å². The molecule has 0 unspecified atom stereocenters. The second kappa shape index (κ2) is 5.68. The van der Waals surface area contributed by atoms with E-state index in [0.717, 1.165) is 31.1 Å². The van der Waals surface area contributed by atoms with Gasteiger partial charge in [-0.25, -0.2) is 4.98 Å². The number of hydrogen-bond donors (Lipinski definition) is 1. The molecule has 0 aliphatic carbocycles. The molecule has 0 bridgehead atoms. The Labute approximate surface area is 102 Å². The van der Waals surface area contributed by atoms with Gasteiger partial charge in [0.25, 0.3) is 0 Å². The van der Waals surface area contributed by atoms with Gasteiger partial charge in [0, 0.05) is 18.9 Å². The van der Waals surface area contributed by atoms with Crippen molar-refractivity contribution in [2.24, 2.45) is 0 Å². The monoisotopic (exact) mass is 233 g/mol. The number of hydrogen-bond acceptors (Lipinski definition) is 3. The highest BCUT2D eigenvalue weighted by Crippen LogP contribution is 2.12. The van der Waals surface area contributed by atoms with E-state index in [-0.39, 0.29) is 6.04 Å². The van der Waals surface area contributed by atoms with Crippen LogP contribution in [0, 0.1) is 0 Å². The van der Waals surface area contributed by atoms with Gasteiger partial charge in [0.1, 0.15) is 11.6 Å². The molecule has 2 heterocycles. The Morgan fingerprint density at radius 2 is 2.41 bits per heavy atom. The first kappa shape index (κ1) is 11.9. The third-order valence-electron chi connectivity index (χ3n) is 2.80. The van der Waals surface area contributed by atoms with E-state index in [0.29, 0.717) is 0 Å². The molecule has 2 aromatic heterocycles. The Hall–Kier alpha value is -1.55. The molecule has 0 saturated heterocycles. The van der Waals surface area contributed by atoms with E-state index >= 15 is 0 Å².